The zero-order chi connectivity index (χ0) is 10.3. The molecule has 0 saturated carbocycles. The van der Waals surface area contributed by atoms with Crippen molar-refractivity contribution in [2.45, 2.75) is 39.2 Å². The van der Waals surface area contributed by atoms with E-state index in [-0.39, 0.29) is 5.75 Å². The summed E-state index contributed by atoms with van der Waals surface area (Å²) >= 11 is 0. The molecule has 0 saturated heterocycles. The predicted molar refractivity (Wildman–Crippen MR) is 51.6 cm³/mol. The van der Waals surface area contributed by atoms with Crippen molar-refractivity contribution >= 4 is 16.3 Å². The summed E-state index contributed by atoms with van der Waals surface area (Å²) in [6, 6.07) is -0.693. The molecule has 0 aliphatic heterocycles. The highest BCUT2D eigenvalue weighted by Gasteiger charge is 2.15. The zero-order valence-electron chi connectivity index (χ0n) is 8.04. The van der Waals surface area contributed by atoms with Crippen molar-refractivity contribution < 1.29 is 13.2 Å². The Hall–Kier alpha value is -0.420. The molecule has 0 aromatic carbocycles. The van der Waals surface area contributed by atoms with E-state index in [1.165, 1.54) is 0 Å². The second-order valence-electron chi connectivity index (χ2n) is 2.87. The minimum Gasteiger partial charge on any atom is -0.289 e. The first kappa shape index (κ1) is 12.6. The van der Waals surface area contributed by atoms with Gasteiger partial charge in [-0.3, -0.25) is 4.79 Å². The fourth-order valence-electron chi connectivity index (χ4n) is 0.801. The normalized spacial score (nSPS) is 14.0. The van der Waals surface area contributed by atoms with Gasteiger partial charge in [-0.05, 0) is 12.8 Å². The van der Waals surface area contributed by atoms with Crippen molar-refractivity contribution in [2.24, 2.45) is 0 Å². The van der Waals surface area contributed by atoms with Crippen LogP contribution in [0, 0.1) is 0 Å². The van der Waals surface area contributed by atoms with E-state index in [9.17, 15) is 13.2 Å². The smallest absolute Gasteiger partial charge is 0.217 e. The maximum Gasteiger partial charge on any atom is 0.217 e. The van der Waals surface area contributed by atoms with Gasteiger partial charge in [0.25, 0.3) is 0 Å². The molecule has 0 aliphatic carbocycles. The third-order valence-electron chi connectivity index (χ3n) is 1.64. The Kier molecular flexibility index (Phi) is 5.90. The number of rotatable bonds is 7. The molecule has 0 aromatic rings. The van der Waals surface area contributed by atoms with Gasteiger partial charge in [-0.1, -0.05) is 20.3 Å². The second-order valence-corrected chi connectivity index (χ2v) is 4.74. The fraction of sp³-hybridized carbons (Fsp3) is 0.875. The van der Waals surface area contributed by atoms with Crippen LogP contribution in [0.1, 0.15) is 33.1 Å². The van der Waals surface area contributed by atoms with Crippen LogP contribution in [0.15, 0.2) is 0 Å². The molecule has 0 aromatic heterocycles. The molecule has 0 bridgehead atoms. The summed E-state index contributed by atoms with van der Waals surface area (Å²) in [6.45, 7) is 3.65. The number of sulfonamides is 1. The Bertz CT molecular complexity index is 236. The maximum absolute atomic E-state index is 11.2. The van der Waals surface area contributed by atoms with Crippen LogP contribution >= 0.6 is 0 Å². The van der Waals surface area contributed by atoms with Crippen molar-refractivity contribution in [1.82, 2.24) is 4.72 Å². The van der Waals surface area contributed by atoms with Crippen molar-refractivity contribution in [3.05, 3.63) is 0 Å². The molecule has 0 heterocycles. The van der Waals surface area contributed by atoms with E-state index < -0.39 is 16.1 Å². The summed E-state index contributed by atoms with van der Waals surface area (Å²) in [5.74, 6) is 0.0850. The van der Waals surface area contributed by atoms with Crippen LogP contribution in [0.3, 0.4) is 0 Å². The van der Waals surface area contributed by atoms with E-state index in [1.54, 1.807) is 13.2 Å². The molecule has 13 heavy (non-hydrogen) atoms. The Morgan fingerprint density at radius 3 is 2.38 bits per heavy atom. The molecule has 1 unspecified atom stereocenters. The number of hydrogen-bond acceptors (Lipinski definition) is 3. The first-order valence-corrected chi connectivity index (χ1v) is 6.08. The highest BCUT2D eigenvalue weighted by Crippen LogP contribution is 1.96. The average Bonchev–Trinajstić information content (AvgIpc) is 2.11. The van der Waals surface area contributed by atoms with Crippen LogP contribution in [0.4, 0.5) is 0 Å². The highest BCUT2D eigenvalue weighted by molar-refractivity contribution is 7.89. The molecule has 0 aliphatic rings. The zero-order valence-corrected chi connectivity index (χ0v) is 8.86. The summed E-state index contributed by atoms with van der Waals surface area (Å²) < 4.78 is 24.7. The van der Waals surface area contributed by atoms with Gasteiger partial charge in [0.15, 0.2) is 0 Å². The van der Waals surface area contributed by atoms with Crippen molar-refractivity contribution in [2.75, 3.05) is 5.75 Å². The van der Waals surface area contributed by atoms with E-state index >= 15 is 0 Å². The molecule has 0 amide bonds. The average molecular weight is 206 g/mol. The molecule has 5 heteroatoms. The third-order valence-corrected chi connectivity index (χ3v) is 3.11. The molecule has 1 N–H and O–H groups in total. The summed E-state index contributed by atoms with van der Waals surface area (Å²) in [4.78, 5) is 10.2. The molecule has 4 nitrogen and oxygen atoms in total. The van der Waals surface area contributed by atoms with E-state index in [0.717, 1.165) is 6.42 Å². The van der Waals surface area contributed by atoms with Crippen molar-refractivity contribution in [3.63, 3.8) is 0 Å². The predicted octanol–water partition coefficient (Wildman–Crippen LogP) is 0.594. The third kappa shape index (κ3) is 5.76. The highest BCUT2D eigenvalue weighted by atomic mass is 32.2. The molecule has 1 atom stereocenters. The largest absolute Gasteiger partial charge is 0.289 e. The number of hydrogen-bond donors (Lipinski definition) is 1. The van der Waals surface area contributed by atoms with Crippen LogP contribution in [0.2, 0.25) is 0 Å². The molecular formula is C8H16NO3S. The van der Waals surface area contributed by atoms with E-state index in [0.29, 0.717) is 12.8 Å². The van der Waals surface area contributed by atoms with Gasteiger partial charge in [-0.2, -0.15) is 0 Å². The van der Waals surface area contributed by atoms with Crippen molar-refractivity contribution in [3.8, 4) is 0 Å². The second kappa shape index (κ2) is 6.10. The fourth-order valence-corrected chi connectivity index (χ4v) is 2.24. The summed E-state index contributed by atoms with van der Waals surface area (Å²) in [7, 11) is -3.28. The van der Waals surface area contributed by atoms with E-state index in [2.05, 4.69) is 4.72 Å². The summed E-state index contributed by atoms with van der Waals surface area (Å²) in [6.07, 6.45) is 3.52. The van der Waals surface area contributed by atoms with Crippen molar-refractivity contribution in [1.29, 1.82) is 0 Å². The Morgan fingerprint density at radius 1 is 1.38 bits per heavy atom. The molecular weight excluding hydrogens is 190 g/mol. The Morgan fingerprint density at radius 2 is 2.00 bits per heavy atom. The maximum atomic E-state index is 11.2. The van der Waals surface area contributed by atoms with E-state index in [4.69, 9.17) is 0 Å². The van der Waals surface area contributed by atoms with Crippen LogP contribution in [-0.4, -0.2) is 26.5 Å². The quantitative estimate of drug-likeness (QED) is 0.663. The van der Waals surface area contributed by atoms with Gasteiger partial charge in [-0.15, -0.1) is 0 Å². The van der Waals surface area contributed by atoms with Gasteiger partial charge >= 0.3 is 0 Å². The lowest BCUT2D eigenvalue weighted by Gasteiger charge is -2.09. The lowest BCUT2D eigenvalue weighted by Crippen LogP contribution is -2.36. The van der Waals surface area contributed by atoms with Gasteiger partial charge in [0.2, 0.25) is 16.3 Å². The molecule has 77 valence electrons. The van der Waals surface area contributed by atoms with E-state index in [1.807, 2.05) is 6.92 Å². The number of unbranched alkanes of at least 4 members (excludes halogenated alkanes) is 1. The molecule has 1 radical (unpaired) electrons. The van der Waals surface area contributed by atoms with Crippen LogP contribution in [-0.2, 0) is 14.8 Å². The number of carbonyl (C=O) groups excluding carboxylic acids is 1. The lowest BCUT2D eigenvalue weighted by atomic mass is 10.3. The monoisotopic (exact) mass is 206 g/mol. The van der Waals surface area contributed by atoms with Crippen LogP contribution in [0.25, 0.3) is 0 Å². The molecule has 0 rings (SSSR count). The Labute approximate surface area is 79.8 Å². The van der Waals surface area contributed by atoms with Gasteiger partial charge in [0, 0.05) is 0 Å². The number of nitrogens with one attached hydrogen (secondary N) is 1. The van der Waals surface area contributed by atoms with Gasteiger partial charge in [-0.25, -0.2) is 13.1 Å². The summed E-state index contributed by atoms with van der Waals surface area (Å²) in [5, 5.41) is 0. The SMILES string of the molecule is CCCCS(=O)(=O)NC([C]=O)CC. The van der Waals surface area contributed by atoms with Gasteiger partial charge < -0.3 is 0 Å². The molecule has 0 fully saturated rings. The van der Waals surface area contributed by atoms with Gasteiger partial charge in [0.1, 0.15) is 0 Å². The first-order valence-electron chi connectivity index (χ1n) is 4.43. The van der Waals surface area contributed by atoms with Crippen LogP contribution < -0.4 is 4.72 Å². The first-order chi connectivity index (χ1) is 6.05. The summed E-state index contributed by atoms with van der Waals surface area (Å²) in [5.41, 5.74) is 0. The van der Waals surface area contributed by atoms with Crippen LogP contribution in [0.5, 0.6) is 0 Å². The standard InChI is InChI=1S/C8H16NO3S/c1-3-5-6-13(11,12)9-8(4-2)7-10/h8-9H,3-6H2,1-2H3. The minimum atomic E-state index is -3.28. The minimum absolute atomic E-state index is 0.0850. The molecule has 0 spiro atoms. The van der Waals surface area contributed by atoms with Gasteiger partial charge in [0.05, 0.1) is 11.8 Å². The topological polar surface area (TPSA) is 63.2 Å². The lowest BCUT2D eigenvalue weighted by molar-refractivity contribution is 0.523. The Balaban J connectivity index is 4.07.